The molecule has 0 radical (unpaired) electrons. The summed E-state index contributed by atoms with van der Waals surface area (Å²) in [5, 5.41) is 1.61. The number of hydrogen-bond donors (Lipinski definition) is 1. The number of nitrogens with one attached hydrogen (secondary N) is 1. The zero-order valence-electron chi connectivity index (χ0n) is 8.66. The summed E-state index contributed by atoms with van der Waals surface area (Å²) in [6, 6.07) is 1.41. The number of thiazole rings is 1. The summed E-state index contributed by atoms with van der Waals surface area (Å²) in [4.78, 5) is 14.5. The van der Waals surface area contributed by atoms with Gasteiger partial charge >= 0.3 is 10.2 Å². The quantitative estimate of drug-likeness (QED) is 0.572. The average molecular weight is 284 g/mol. The van der Waals surface area contributed by atoms with Crippen LogP contribution in [-0.4, -0.2) is 28.4 Å². The normalized spacial score (nSPS) is 12.1. The Labute approximate surface area is 105 Å². The van der Waals surface area contributed by atoms with Gasteiger partial charge in [-0.25, -0.2) is 15.0 Å². The molecule has 0 atom stereocenters. The Morgan fingerprint density at radius 3 is 2.83 bits per heavy atom. The number of hydrogen-bond acceptors (Lipinski definition) is 6. The minimum absolute atomic E-state index is 0.0798. The van der Waals surface area contributed by atoms with E-state index in [0.717, 1.165) is 0 Å². The summed E-state index contributed by atoms with van der Waals surface area (Å²) in [6.45, 7) is 0. The number of rotatable bonds is 2. The Bertz CT molecular complexity index is 810. The van der Waals surface area contributed by atoms with E-state index in [9.17, 15) is 12.3 Å². The molecule has 0 fully saturated rings. The zero-order valence-corrected chi connectivity index (χ0v) is 10.3. The summed E-state index contributed by atoms with van der Waals surface area (Å²) >= 11 is 1.24. The van der Waals surface area contributed by atoms with Crippen LogP contribution < -0.4 is 0 Å². The minimum Gasteiger partial charge on any atom is -0.346 e. The highest BCUT2D eigenvalue weighted by Crippen LogP contribution is 2.25. The van der Waals surface area contributed by atoms with E-state index in [1.165, 1.54) is 29.8 Å². The van der Waals surface area contributed by atoms with Crippen LogP contribution in [0.3, 0.4) is 0 Å². The lowest BCUT2D eigenvalue weighted by Gasteiger charge is -2.00. The third-order valence-corrected chi connectivity index (χ3v) is 3.78. The van der Waals surface area contributed by atoms with Crippen molar-refractivity contribution in [2.24, 2.45) is 0 Å². The van der Waals surface area contributed by atoms with Gasteiger partial charge in [0.25, 0.3) is 0 Å². The Morgan fingerprint density at radius 1 is 1.33 bits per heavy atom. The van der Waals surface area contributed by atoms with Gasteiger partial charge in [-0.3, -0.25) is 0 Å². The Morgan fingerprint density at radius 2 is 2.17 bits per heavy atom. The molecule has 0 aliphatic carbocycles. The van der Waals surface area contributed by atoms with E-state index in [-0.39, 0.29) is 16.9 Å². The molecule has 1 N–H and O–H groups in total. The summed E-state index contributed by atoms with van der Waals surface area (Å²) in [6.07, 6.45) is 3.01. The Hall–Kier alpha value is -1.87. The lowest BCUT2D eigenvalue weighted by molar-refractivity contribution is 0.549. The summed E-state index contributed by atoms with van der Waals surface area (Å²) in [7, 11) is -4.91. The maximum atomic E-state index is 13.2. The molecule has 0 unspecified atom stereocenters. The summed E-state index contributed by atoms with van der Waals surface area (Å²) in [5.74, 6) is 0.0798. The first-order valence-corrected chi connectivity index (χ1v) is 7.02. The third-order valence-electron chi connectivity index (χ3n) is 2.24. The largest absolute Gasteiger partial charge is 0.350 e. The van der Waals surface area contributed by atoms with Crippen molar-refractivity contribution in [1.82, 2.24) is 19.9 Å². The van der Waals surface area contributed by atoms with E-state index in [1.54, 1.807) is 5.38 Å². The smallest absolute Gasteiger partial charge is 0.346 e. The number of H-pyrrole nitrogens is 1. The van der Waals surface area contributed by atoms with Gasteiger partial charge in [0.05, 0.1) is 5.39 Å². The lowest BCUT2D eigenvalue weighted by atomic mass is 10.4. The van der Waals surface area contributed by atoms with Crippen LogP contribution in [0.1, 0.15) is 0 Å². The van der Waals surface area contributed by atoms with Crippen molar-refractivity contribution in [2.45, 2.75) is 5.03 Å². The van der Waals surface area contributed by atoms with Crippen molar-refractivity contribution >= 4 is 32.6 Å². The molecule has 3 heterocycles. The highest BCUT2D eigenvalue weighted by molar-refractivity contribution is 7.86. The van der Waals surface area contributed by atoms with Crippen LogP contribution in [0.4, 0.5) is 3.89 Å². The van der Waals surface area contributed by atoms with E-state index < -0.39 is 15.2 Å². The van der Waals surface area contributed by atoms with Gasteiger partial charge in [-0.05, 0) is 6.07 Å². The number of nitrogens with zero attached hydrogens (tertiary/aromatic N) is 3. The molecule has 0 amide bonds. The van der Waals surface area contributed by atoms with E-state index >= 15 is 0 Å². The standard InChI is InChI=1S/C9H5FN4O2S2/c10-18(15,16)9-5-1-2-11-6(5)13-7(14-9)8-12-3-4-17-8/h1-4H,(H,11,13,14). The predicted octanol–water partition coefficient (Wildman–Crippen LogP) is 1.74. The SMILES string of the molecule is O=S(=O)(F)c1nc(-c2nccs2)nc2[nH]ccc12. The highest BCUT2D eigenvalue weighted by atomic mass is 32.3. The van der Waals surface area contributed by atoms with Gasteiger partial charge in [-0.2, -0.15) is 8.42 Å². The molecule has 3 aromatic heterocycles. The van der Waals surface area contributed by atoms with Gasteiger partial charge in [0.15, 0.2) is 15.9 Å². The van der Waals surface area contributed by atoms with Crippen LogP contribution in [0.2, 0.25) is 0 Å². The topological polar surface area (TPSA) is 88.6 Å². The molecule has 0 saturated carbocycles. The van der Waals surface area contributed by atoms with Crippen molar-refractivity contribution in [3.8, 4) is 10.8 Å². The molecule has 0 saturated heterocycles. The molecule has 92 valence electrons. The van der Waals surface area contributed by atoms with Crippen LogP contribution in [-0.2, 0) is 10.2 Å². The molecule has 0 spiro atoms. The van der Waals surface area contributed by atoms with Crippen molar-refractivity contribution < 1.29 is 12.3 Å². The van der Waals surface area contributed by atoms with Crippen molar-refractivity contribution in [3.05, 3.63) is 23.8 Å². The number of fused-ring (bicyclic) bond motifs is 1. The first-order valence-electron chi connectivity index (χ1n) is 4.75. The van der Waals surface area contributed by atoms with E-state index in [2.05, 4.69) is 19.9 Å². The van der Waals surface area contributed by atoms with E-state index in [0.29, 0.717) is 5.01 Å². The number of aromatic nitrogens is 4. The van der Waals surface area contributed by atoms with Crippen molar-refractivity contribution in [3.63, 3.8) is 0 Å². The van der Waals surface area contributed by atoms with Gasteiger partial charge in [0.1, 0.15) is 5.65 Å². The second-order valence-corrected chi connectivity index (χ2v) is 5.52. The fraction of sp³-hybridized carbons (Fsp3) is 0. The van der Waals surface area contributed by atoms with Crippen LogP contribution in [0.5, 0.6) is 0 Å². The molecule has 0 aromatic carbocycles. The molecule has 0 bridgehead atoms. The predicted molar refractivity (Wildman–Crippen MR) is 63.3 cm³/mol. The fourth-order valence-corrected chi connectivity index (χ4v) is 2.72. The number of aromatic amines is 1. The van der Waals surface area contributed by atoms with Crippen LogP contribution in [0.25, 0.3) is 21.9 Å². The Balaban J connectivity index is 2.37. The highest BCUT2D eigenvalue weighted by Gasteiger charge is 2.22. The fourth-order valence-electron chi connectivity index (χ4n) is 1.53. The molecule has 0 aliphatic heterocycles. The summed E-state index contributed by atoms with van der Waals surface area (Å²) < 4.78 is 35.4. The van der Waals surface area contributed by atoms with Gasteiger partial charge in [-0.15, -0.1) is 11.3 Å². The van der Waals surface area contributed by atoms with E-state index in [4.69, 9.17) is 0 Å². The molecule has 0 aliphatic rings. The minimum atomic E-state index is -4.91. The molecule has 3 aromatic rings. The molecule has 18 heavy (non-hydrogen) atoms. The van der Waals surface area contributed by atoms with Gasteiger partial charge < -0.3 is 4.98 Å². The molecular formula is C9H5FN4O2S2. The lowest BCUT2D eigenvalue weighted by Crippen LogP contribution is -2.01. The van der Waals surface area contributed by atoms with Gasteiger partial charge in [-0.1, -0.05) is 3.89 Å². The van der Waals surface area contributed by atoms with Crippen molar-refractivity contribution in [1.29, 1.82) is 0 Å². The van der Waals surface area contributed by atoms with Crippen molar-refractivity contribution in [2.75, 3.05) is 0 Å². The summed E-state index contributed by atoms with van der Waals surface area (Å²) in [5.41, 5.74) is 0.256. The first-order chi connectivity index (χ1) is 8.55. The molecule has 6 nitrogen and oxygen atoms in total. The monoisotopic (exact) mass is 284 g/mol. The van der Waals surface area contributed by atoms with Crippen LogP contribution in [0.15, 0.2) is 28.9 Å². The molecule has 9 heteroatoms. The Kier molecular flexibility index (Phi) is 2.38. The zero-order chi connectivity index (χ0) is 12.8. The first kappa shape index (κ1) is 11.2. The molecule has 3 rings (SSSR count). The maximum absolute atomic E-state index is 13.2. The second kappa shape index (κ2) is 3.82. The van der Waals surface area contributed by atoms with Crippen LogP contribution in [0, 0.1) is 0 Å². The van der Waals surface area contributed by atoms with Gasteiger partial charge in [0, 0.05) is 17.8 Å². The maximum Gasteiger partial charge on any atom is 0.350 e. The van der Waals surface area contributed by atoms with E-state index in [1.807, 2.05) is 0 Å². The van der Waals surface area contributed by atoms with Gasteiger partial charge in [0.2, 0.25) is 0 Å². The second-order valence-electron chi connectivity index (χ2n) is 3.37. The van der Waals surface area contributed by atoms with Crippen LogP contribution >= 0.6 is 11.3 Å². The third kappa shape index (κ3) is 1.77. The number of halogens is 1. The average Bonchev–Trinajstić information content (AvgIpc) is 2.97. The molecular weight excluding hydrogens is 279 g/mol.